The Morgan fingerprint density at radius 1 is 1.14 bits per heavy atom. The molecule has 0 aromatic heterocycles. The molecular weight excluding hydrogens is 280 g/mol. The van der Waals surface area contributed by atoms with E-state index in [0.29, 0.717) is 16.5 Å². The van der Waals surface area contributed by atoms with Crippen molar-refractivity contribution in [2.24, 2.45) is 0 Å². The smallest absolute Gasteiger partial charge is 0.346 e. The number of carbonyl (C=O) groups is 1. The Labute approximate surface area is 130 Å². The van der Waals surface area contributed by atoms with Crippen molar-refractivity contribution in [3.8, 4) is 5.75 Å². The number of nitrogens with one attached hydrogen (secondary N) is 1. The lowest BCUT2D eigenvalue weighted by atomic mass is 9.94. The van der Waals surface area contributed by atoms with Crippen LogP contribution in [0.15, 0.2) is 54.6 Å². The van der Waals surface area contributed by atoms with Gasteiger partial charge in [-0.2, -0.15) is 5.06 Å². The van der Waals surface area contributed by atoms with Crippen molar-refractivity contribution in [2.75, 3.05) is 12.2 Å². The molecule has 2 aromatic carbocycles. The third kappa shape index (κ3) is 3.56. The maximum Gasteiger partial charge on any atom is 0.346 e. The summed E-state index contributed by atoms with van der Waals surface area (Å²) < 4.78 is 5.20. The number of carbonyl (C=O) groups excluding carboxylic acids is 1. The Morgan fingerprint density at radius 2 is 1.82 bits per heavy atom. The van der Waals surface area contributed by atoms with Crippen molar-refractivity contribution in [3.63, 3.8) is 0 Å². The van der Waals surface area contributed by atoms with E-state index in [1.54, 1.807) is 31.4 Å². The number of methoxy groups -OCH3 is 1. The largest absolute Gasteiger partial charge is 0.497 e. The Bertz CT molecular complexity index is 641. The Kier molecular flexibility index (Phi) is 4.68. The summed E-state index contributed by atoms with van der Waals surface area (Å²) in [5.74, 6) is 0.712. The van der Waals surface area contributed by atoms with Gasteiger partial charge in [0.25, 0.3) is 0 Å². The highest BCUT2D eigenvalue weighted by Gasteiger charge is 2.26. The third-order valence-corrected chi connectivity index (χ3v) is 3.40. The van der Waals surface area contributed by atoms with Gasteiger partial charge in [-0.25, -0.2) is 4.79 Å². The molecule has 2 aromatic rings. The van der Waals surface area contributed by atoms with E-state index in [2.05, 4.69) is 5.32 Å². The van der Waals surface area contributed by atoms with E-state index in [9.17, 15) is 10.0 Å². The molecular formula is C17H20N2O3. The zero-order valence-corrected chi connectivity index (χ0v) is 12.9. The summed E-state index contributed by atoms with van der Waals surface area (Å²) in [6, 6.07) is 15.5. The fourth-order valence-corrected chi connectivity index (χ4v) is 2.09. The minimum Gasteiger partial charge on any atom is -0.497 e. The highest BCUT2D eigenvalue weighted by Crippen LogP contribution is 2.24. The second-order valence-electron chi connectivity index (χ2n) is 5.43. The first-order valence-corrected chi connectivity index (χ1v) is 6.95. The maximum absolute atomic E-state index is 12.2. The first-order chi connectivity index (χ1) is 10.4. The van der Waals surface area contributed by atoms with Gasteiger partial charge < -0.3 is 10.1 Å². The Morgan fingerprint density at radius 3 is 2.45 bits per heavy atom. The highest BCUT2D eigenvalue weighted by atomic mass is 16.5. The van der Waals surface area contributed by atoms with Gasteiger partial charge in [-0.05, 0) is 43.7 Å². The van der Waals surface area contributed by atoms with Crippen LogP contribution in [0.4, 0.5) is 10.5 Å². The number of ether oxygens (including phenoxy) is 1. The van der Waals surface area contributed by atoms with Crippen LogP contribution in [0, 0.1) is 0 Å². The van der Waals surface area contributed by atoms with Crippen LogP contribution in [0.5, 0.6) is 5.75 Å². The van der Waals surface area contributed by atoms with Crippen LogP contribution in [0.25, 0.3) is 0 Å². The molecule has 2 rings (SSSR count). The number of urea groups is 1. The van der Waals surface area contributed by atoms with Crippen LogP contribution in [0.3, 0.4) is 0 Å². The minimum atomic E-state index is -0.665. The van der Waals surface area contributed by atoms with E-state index < -0.39 is 11.6 Å². The molecule has 2 N–H and O–H groups in total. The molecule has 0 aliphatic rings. The van der Waals surface area contributed by atoms with Crippen LogP contribution in [0.1, 0.15) is 19.4 Å². The molecule has 22 heavy (non-hydrogen) atoms. The van der Waals surface area contributed by atoms with E-state index in [0.717, 1.165) is 5.56 Å². The van der Waals surface area contributed by atoms with E-state index >= 15 is 0 Å². The average Bonchev–Trinajstić information content (AvgIpc) is 2.54. The maximum atomic E-state index is 12.2. The van der Waals surface area contributed by atoms with Crippen molar-refractivity contribution < 1.29 is 14.7 Å². The second-order valence-corrected chi connectivity index (χ2v) is 5.43. The fourth-order valence-electron chi connectivity index (χ4n) is 2.09. The van der Waals surface area contributed by atoms with Gasteiger partial charge >= 0.3 is 6.03 Å². The van der Waals surface area contributed by atoms with Gasteiger partial charge in [0.2, 0.25) is 0 Å². The number of hydroxylamine groups is 1. The van der Waals surface area contributed by atoms with Crippen molar-refractivity contribution in [1.29, 1.82) is 0 Å². The number of anilines is 1. The van der Waals surface area contributed by atoms with E-state index in [-0.39, 0.29) is 0 Å². The summed E-state index contributed by atoms with van der Waals surface area (Å²) in [7, 11) is 1.59. The van der Waals surface area contributed by atoms with Crippen LogP contribution >= 0.6 is 0 Å². The van der Waals surface area contributed by atoms with Gasteiger partial charge in [-0.15, -0.1) is 0 Å². The molecule has 0 unspecified atom stereocenters. The molecule has 0 aliphatic carbocycles. The molecule has 0 saturated carbocycles. The molecule has 0 heterocycles. The fraction of sp³-hybridized carbons (Fsp3) is 0.235. The van der Waals surface area contributed by atoms with Gasteiger partial charge in [-0.3, -0.25) is 5.21 Å². The van der Waals surface area contributed by atoms with Crippen molar-refractivity contribution in [1.82, 2.24) is 5.32 Å². The molecule has 0 spiro atoms. The molecule has 5 nitrogen and oxygen atoms in total. The van der Waals surface area contributed by atoms with Gasteiger partial charge in [-0.1, -0.05) is 30.3 Å². The highest BCUT2D eigenvalue weighted by molar-refractivity contribution is 5.90. The lowest BCUT2D eigenvalue weighted by molar-refractivity contribution is 0.195. The standard InChI is InChI=1S/C17H20N2O3/c1-17(2,13-8-7-11-15(12-13)22-3)18-16(20)19(21)14-9-5-4-6-10-14/h4-12,21H,1-3H3,(H,18,20). The Balaban J connectivity index is 2.15. The summed E-state index contributed by atoms with van der Waals surface area (Å²) in [6.45, 7) is 3.72. The molecule has 2 amide bonds. The van der Waals surface area contributed by atoms with Crippen molar-refractivity contribution in [2.45, 2.75) is 19.4 Å². The zero-order chi connectivity index (χ0) is 16.2. The van der Waals surface area contributed by atoms with Gasteiger partial charge in [0.15, 0.2) is 0 Å². The van der Waals surface area contributed by atoms with Crippen LogP contribution < -0.4 is 15.1 Å². The molecule has 0 aliphatic heterocycles. The van der Waals surface area contributed by atoms with Crippen LogP contribution in [0.2, 0.25) is 0 Å². The lowest BCUT2D eigenvalue weighted by Crippen LogP contribution is -2.47. The quantitative estimate of drug-likeness (QED) is 0.670. The third-order valence-electron chi connectivity index (χ3n) is 3.40. The predicted molar refractivity (Wildman–Crippen MR) is 85.3 cm³/mol. The predicted octanol–water partition coefficient (Wildman–Crippen LogP) is 3.54. The van der Waals surface area contributed by atoms with E-state index in [1.165, 1.54) is 0 Å². The molecule has 0 radical (unpaired) electrons. The molecule has 0 fully saturated rings. The minimum absolute atomic E-state index is 0.404. The first-order valence-electron chi connectivity index (χ1n) is 6.95. The topological polar surface area (TPSA) is 61.8 Å². The SMILES string of the molecule is COc1cccc(C(C)(C)NC(=O)N(O)c2ccccc2)c1. The van der Waals surface area contributed by atoms with Crippen molar-refractivity contribution in [3.05, 3.63) is 60.2 Å². The van der Waals surface area contributed by atoms with Crippen LogP contribution in [-0.4, -0.2) is 18.3 Å². The first kappa shape index (κ1) is 15.9. The number of nitrogens with zero attached hydrogens (tertiary/aromatic N) is 1. The van der Waals surface area contributed by atoms with E-state index in [4.69, 9.17) is 4.74 Å². The van der Waals surface area contributed by atoms with Gasteiger partial charge in [0, 0.05) is 0 Å². The summed E-state index contributed by atoms with van der Waals surface area (Å²) >= 11 is 0. The Hall–Kier alpha value is -2.53. The average molecular weight is 300 g/mol. The number of rotatable bonds is 4. The summed E-state index contributed by atoms with van der Waals surface area (Å²) in [4.78, 5) is 12.2. The summed E-state index contributed by atoms with van der Waals surface area (Å²) in [6.07, 6.45) is 0. The molecule has 0 atom stereocenters. The van der Waals surface area contributed by atoms with E-state index in [1.807, 2.05) is 44.2 Å². The number of benzene rings is 2. The lowest BCUT2D eigenvalue weighted by Gasteiger charge is -2.29. The number of amides is 2. The van der Waals surface area contributed by atoms with Crippen LogP contribution in [-0.2, 0) is 5.54 Å². The summed E-state index contributed by atoms with van der Waals surface area (Å²) in [5.41, 5.74) is 0.615. The normalized spacial score (nSPS) is 10.9. The van der Waals surface area contributed by atoms with Crippen molar-refractivity contribution >= 4 is 11.7 Å². The second kappa shape index (κ2) is 6.49. The van der Waals surface area contributed by atoms with Gasteiger partial charge in [0.1, 0.15) is 5.75 Å². The monoisotopic (exact) mass is 300 g/mol. The summed E-state index contributed by atoms with van der Waals surface area (Å²) in [5, 5.41) is 13.4. The molecule has 0 saturated heterocycles. The zero-order valence-electron chi connectivity index (χ0n) is 12.9. The number of hydrogen-bond acceptors (Lipinski definition) is 3. The van der Waals surface area contributed by atoms with Gasteiger partial charge in [0.05, 0.1) is 18.3 Å². The number of para-hydroxylation sites is 1. The molecule has 5 heteroatoms. The molecule has 0 bridgehead atoms. The number of hydrogen-bond donors (Lipinski definition) is 2. The molecule has 116 valence electrons.